The molecule has 0 aromatic heterocycles. The molecule has 0 saturated heterocycles. The first-order chi connectivity index (χ1) is 11.6. The normalized spacial score (nSPS) is 13.2. The van der Waals surface area contributed by atoms with Gasteiger partial charge in [-0.1, -0.05) is 24.3 Å². The minimum atomic E-state index is -0.633. The first-order valence-corrected chi connectivity index (χ1v) is 7.65. The molecule has 2 amide bonds. The van der Waals surface area contributed by atoms with Gasteiger partial charge in [0.05, 0.1) is 0 Å². The van der Waals surface area contributed by atoms with Crippen LogP contribution in [0, 0.1) is 0 Å². The Balaban J connectivity index is 1.52. The maximum atomic E-state index is 12.1. The molecule has 0 aliphatic carbocycles. The molecule has 1 aliphatic rings. The van der Waals surface area contributed by atoms with Crippen LogP contribution in [-0.2, 0) is 11.3 Å². The molecule has 1 unspecified atom stereocenters. The van der Waals surface area contributed by atoms with Crippen LogP contribution in [0.4, 0.5) is 0 Å². The second kappa shape index (κ2) is 7.04. The van der Waals surface area contributed by atoms with E-state index in [1.54, 1.807) is 31.2 Å². The Bertz CT molecular complexity index is 746. The Labute approximate surface area is 139 Å². The highest BCUT2D eigenvalue weighted by Gasteiger charge is 2.17. The summed E-state index contributed by atoms with van der Waals surface area (Å²) in [5, 5.41) is 5.47. The SMILES string of the molecule is CC(NC(=O)c1ccccc1)C(=O)NCc1ccc2c(c1)OCO2. The van der Waals surface area contributed by atoms with E-state index in [2.05, 4.69) is 10.6 Å². The van der Waals surface area contributed by atoms with Crippen LogP contribution in [0.25, 0.3) is 0 Å². The summed E-state index contributed by atoms with van der Waals surface area (Å²) in [5.41, 5.74) is 1.42. The first-order valence-electron chi connectivity index (χ1n) is 7.65. The first kappa shape index (κ1) is 15.9. The number of carbonyl (C=O) groups is 2. The van der Waals surface area contributed by atoms with E-state index in [0.29, 0.717) is 23.6 Å². The van der Waals surface area contributed by atoms with Gasteiger partial charge in [0.1, 0.15) is 6.04 Å². The van der Waals surface area contributed by atoms with Gasteiger partial charge in [-0.15, -0.1) is 0 Å². The Hall–Kier alpha value is -3.02. The summed E-state index contributed by atoms with van der Waals surface area (Å²) in [6, 6.07) is 13.7. The summed E-state index contributed by atoms with van der Waals surface area (Å²) >= 11 is 0. The van der Waals surface area contributed by atoms with Crippen molar-refractivity contribution in [1.82, 2.24) is 10.6 Å². The summed E-state index contributed by atoms with van der Waals surface area (Å²) < 4.78 is 10.5. The number of amides is 2. The molecule has 0 fully saturated rings. The maximum Gasteiger partial charge on any atom is 0.251 e. The second-order valence-electron chi connectivity index (χ2n) is 5.47. The number of ether oxygens (including phenoxy) is 2. The fourth-order valence-electron chi connectivity index (χ4n) is 2.33. The monoisotopic (exact) mass is 326 g/mol. The molecule has 6 heteroatoms. The van der Waals surface area contributed by atoms with Crippen LogP contribution in [0.5, 0.6) is 11.5 Å². The summed E-state index contributed by atoms with van der Waals surface area (Å²) in [4.78, 5) is 24.2. The van der Waals surface area contributed by atoms with Gasteiger partial charge in [0.25, 0.3) is 5.91 Å². The van der Waals surface area contributed by atoms with E-state index in [9.17, 15) is 9.59 Å². The van der Waals surface area contributed by atoms with E-state index in [0.717, 1.165) is 5.56 Å². The average Bonchev–Trinajstić information content (AvgIpc) is 3.08. The van der Waals surface area contributed by atoms with Crippen molar-refractivity contribution in [3.63, 3.8) is 0 Å². The second-order valence-corrected chi connectivity index (χ2v) is 5.47. The van der Waals surface area contributed by atoms with Gasteiger partial charge in [-0.2, -0.15) is 0 Å². The smallest absolute Gasteiger partial charge is 0.251 e. The predicted molar refractivity (Wildman–Crippen MR) is 87.8 cm³/mol. The average molecular weight is 326 g/mol. The summed E-state index contributed by atoms with van der Waals surface area (Å²) in [5.74, 6) is 0.846. The quantitative estimate of drug-likeness (QED) is 0.879. The Morgan fingerprint density at radius 1 is 1.08 bits per heavy atom. The zero-order valence-corrected chi connectivity index (χ0v) is 13.2. The van der Waals surface area contributed by atoms with Crippen LogP contribution in [-0.4, -0.2) is 24.6 Å². The molecule has 0 bridgehead atoms. The van der Waals surface area contributed by atoms with E-state index in [1.165, 1.54) is 0 Å². The molecule has 0 radical (unpaired) electrons. The zero-order chi connectivity index (χ0) is 16.9. The van der Waals surface area contributed by atoms with Crippen molar-refractivity contribution in [3.05, 3.63) is 59.7 Å². The Kier molecular flexibility index (Phi) is 4.65. The van der Waals surface area contributed by atoms with E-state index in [-0.39, 0.29) is 18.6 Å². The van der Waals surface area contributed by atoms with Crippen molar-refractivity contribution < 1.29 is 19.1 Å². The fraction of sp³-hybridized carbons (Fsp3) is 0.222. The Morgan fingerprint density at radius 3 is 2.62 bits per heavy atom. The predicted octanol–water partition coefficient (Wildman–Crippen LogP) is 1.85. The zero-order valence-electron chi connectivity index (χ0n) is 13.2. The van der Waals surface area contributed by atoms with E-state index in [4.69, 9.17) is 9.47 Å². The molecule has 2 aromatic rings. The van der Waals surface area contributed by atoms with Crippen molar-refractivity contribution in [3.8, 4) is 11.5 Å². The molecule has 1 aliphatic heterocycles. The van der Waals surface area contributed by atoms with E-state index < -0.39 is 6.04 Å². The third kappa shape index (κ3) is 3.65. The van der Waals surface area contributed by atoms with Crippen LogP contribution < -0.4 is 20.1 Å². The van der Waals surface area contributed by atoms with Crippen molar-refractivity contribution in [2.75, 3.05) is 6.79 Å². The Morgan fingerprint density at radius 2 is 1.83 bits per heavy atom. The molecule has 1 atom stereocenters. The molecule has 1 heterocycles. The third-order valence-corrected chi connectivity index (χ3v) is 3.68. The van der Waals surface area contributed by atoms with Gasteiger partial charge in [0, 0.05) is 12.1 Å². The summed E-state index contributed by atoms with van der Waals surface area (Å²) in [7, 11) is 0. The van der Waals surface area contributed by atoms with Crippen molar-refractivity contribution in [2.45, 2.75) is 19.5 Å². The molecule has 2 aromatic carbocycles. The van der Waals surface area contributed by atoms with Crippen molar-refractivity contribution in [2.24, 2.45) is 0 Å². The lowest BCUT2D eigenvalue weighted by molar-refractivity contribution is -0.122. The lowest BCUT2D eigenvalue weighted by atomic mass is 10.2. The number of hydrogen-bond donors (Lipinski definition) is 2. The molecule has 0 saturated carbocycles. The number of nitrogens with one attached hydrogen (secondary N) is 2. The van der Waals surface area contributed by atoms with Gasteiger partial charge < -0.3 is 20.1 Å². The van der Waals surface area contributed by atoms with Gasteiger partial charge >= 0.3 is 0 Å². The third-order valence-electron chi connectivity index (χ3n) is 3.68. The minimum absolute atomic E-state index is 0.216. The fourth-order valence-corrected chi connectivity index (χ4v) is 2.33. The van der Waals surface area contributed by atoms with Crippen LogP contribution in [0.3, 0.4) is 0 Å². The van der Waals surface area contributed by atoms with Crippen LogP contribution >= 0.6 is 0 Å². The van der Waals surface area contributed by atoms with Gasteiger partial charge in [0.2, 0.25) is 12.7 Å². The van der Waals surface area contributed by atoms with Gasteiger partial charge in [-0.05, 0) is 36.8 Å². The highest BCUT2D eigenvalue weighted by Crippen LogP contribution is 2.32. The van der Waals surface area contributed by atoms with Crippen molar-refractivity contribution in [1.29, 1.82) is 0 Å². The standard InChI is InChI=1S/C18H18N2O4/c1-12(20-18(22)14-5-3-2-4-6-14)17(21)19-10-13-7-8-15-16(9-13)24-11-23-15/h2-9,12H,10-11H2,1H3,(H,19,21)(H,20,22). The van der Waals surface area contributed by atoms with E-state index in [1.807, 2.05) is 24.3 Å². The molecule has 6 nitrogen and oxygen atoms in total. The largest absolute Gasteiger partial charge is 0.454 e. The molecule has 0 spiro atoms. The number of benzene rings is 2. The highest BCUT2D eigenvalue weighted by atomic mass is 16.7. The van der Waals surface area contributed by atoms with Crippen LogP contribution in [0.1, 0.15) is 22.8 Å². The number of hydrogen-bond acceptors (Lipinski definition) is 4. The molecule has 2 N–H and O–H groups in total. The van der Waals surface area contributed by atoms with Gasteiger partial charge in [-0.3, -0.25) is 9.59 Å². The maximum absolute atomic E-state index is 12.1. The molecule has 3 rings (SSSR count). The highest BCUT2D eigenvalue weighted by molar-refractivity contribution is 5.97. The molecular weight excluding hydrogens is 308 g/mol. The minimum Gasteiger partial charge on any atom is -0.454 e. The number of fused-ring (bicyclic) bond motifs is 1. The van der Waals surface area contributed by atoms with Crippen LogP contribution in [0.15, 0.2) is 48.5 Å². The molecule has 24 heavy (non-hydrogen) atoms. The summed E-state index contributed by atoms with van der Waals surface area (Å²) in [6.07, 6.45) is 0. The lowest BCUT2D eigenvalue weighted by Crippen LogP contribution is -2.44. The van der Waals surface area contributed by atoms with E-state index >= 15 is 0 Å². The number of rotatable bonds is 5. The summed E-state index contributed by atoms with van der Waals surface area (Å²) in [6.45, 7) is 2.21. The van der Waals surface area contributed by atoms with Gasteiger partial charge in [0.15, 0.2) is 11.5 Å². The molecule has 124 valence electrons. The van der Waals surface area contributed by atoms with Crippen molar-refractivity contribution >= 4 is 11.8 Å². The molecular formula is C18H18N2O4. The van der Waals surface area contributed by atoms with Gasteiger partial charge in [-0.25, -0.2) is 0 Å². The lowest BCUT2D eigenvalue weighted by Gasteiger charge is -2.14. The topological polar surface area (TPSA) is 76.7 Å². The van der Waals surface area contributed by atoms with Crippen LogP contribution in [0.2, 0.25) is 0 Å². The number of carbonyl (C=O) groups excluding carboxylic acids is 2.